The summed E-state index contributed by atoms with van der Waals surface area (Å²) in [6, 6.07) is 1.55. The molecule has 2 rings (SSSR count). The first-order chi connectivity index (χ1) is 7.75. The van der Waals surface area contributed by atoms with Gasteiger partial charge >= 0.3 is 0 Å². The van der Waals surface area contributed by atoms with Crippen molar-refractivity contribution in [3.8, 4) is 0 Å². The molecule has 0 aromatic heterocycles. The smallest absolute Gasteiger partial charge is 0.0139 e. The van der Waals surface area contributed by atoms with E-state index >= 15 is 0 Å². The highest BCUT2D eigenvalue weighted by molar-refractivity contribution is 4.98. The van der Waals surface area contributed by atoms with E-state index in [0.717, 1.165) is 23.9 Å². The van der Waals surface area contributed by atoms with Crippen LogP contribution in [0.3, 0.4) is 0 Å². The van der Waals surface area contributed by atoms with E-state index in [0.29, 0.717) is 0 Å². The maximum absolute atomic E-state index is 3.85. The third-order valence-corrected chi connectivity index (χ3v) is 4.44. The van der Waals surface area contributed by atoms with E-state index in [2.05, 4.69) is 31.3 Å². The molecular weight excluding hydrogens is 194 g/mol. The molecule has 1 fully saturated rings. The number of nitrogens with one attached hydrogen (secondary N) is 1. The van der Waals surface area contributed by atoms with Crippen molar-refractivity contribution < 1.29 is 0 Å². The monoisotopic (exact) mass is 221 g/mol. The Morgan fingerprint density at radius 2 is 1.69 bits per heavy atom. The molecule has 0 aliphatic heterocycles. The standard InChI is InChI=1S/C15H27N/c1-12(2)13-6-5-9-15(11-10-13)16-14-7-3-4-8-14/h3-4,12-16H,5-11H2,1-2H3. The molecule has 2 unspecified atom stereocenters. The van der Waals surface area contributed by atoms with Crippen LogP contribution in [-0.4, -0.2) is 12.1 Å². The summed E-state index contributed by atoms with van der Waals surface area (Å²) in [5.74, 6) is 1.86. The Balaban J connectivity index is 1.75. The Kier molecular flexibility index (Phi) is 4.45. The van der Waals surface area contributed by atoms with E-state index in [9.17, 15) is 0 Å². The average molecular weight is 221 g/mol. The highest BCUT2D eigenvalue weighted by atomic mass is 14.9. The van der Waals surface area contributed by atoms with Gasteiger partial charge in [-0.1, -0.05) is 38.8 Å². The van der Waals surface area contributed by atoms with Crippen molar-refractivity contribution in [3.63, 3.8) is 0 Å². The van der Waals surface area contributed by atoms with E-state index in [1.165, 1.54) is 44.9 Å². The fourth-order valence-corrected chi connectivity index (χ4v) is 3.25. The maximum Gasteiger partial charge on any atom is 0.0139 e. The summed E-state index contributed by atoms with van der Waals surface area (Å²) in [5.41, 5.74) is 0. The van der Waals surface area contributed by atoms with Crippen LogP contribution in [0.1, 0.15) is 58.8 Å². The highest BCUT2D eigenvalue weighted by Gasteiger charge is 2.22. The van der Waals surface area contributed by atoms with Gasteiger partial charge in [-0.05, 0) is 43.9 Å². The van der Waals surface area contributed by atoms with Crippen LogP contribution in [0.4, 0.5) is 0 Å². The normalized spacial score (nSPS) is 32.2. The number of rotatable bonds is 3. The molecule has 0 bridgehead atoms. The van der Waals surface area contributed by atoms with Crippen LogP contribution in [0, 0.1) is 11.8 Å². The molecule has 0 aromatic rings. The second kappa shape index (κ2) is 5.86. The molecule has 2 atom stereocenters. The topological polar surface area (TPSA) is 12.0 Å². The molecule has 1 saturated carbocycles. The predicted molar refractivity (Wildman–Crippen MR) is 70.5 cm³/mol. The first-order valence-electron chi connectivity index (χ1n) is 7.16. The Hall–Kier alpha value is -0.300. The second-order valence-corrected chi connectivity index (χ2v) is 6.02. The lowest BCUT2D eigenvalue weighted by molar-refractivity contribution is 0.334. The average Bonchev–Trinajstić information content (AvgIpc) is 2.63. The molecule has 2 aliphatic rings. The SMILES string of the molecule is CC(C)C1CCCC(NC2CC=CC2)CC1. The van der Waals surface area contributed by atoms with Gasteiger partial charge in [-0.25, -0.2) is 0 Å². The summed E-state index contributed by atoms with van der Waals surface area (Å²) in [4.78, 5) is 0. The van der Waals surface area contributed by atoms with Crippen LogP contribution in [0.15, 0.2) is 12.2 Å². The Morgan fingerprint density at radius 3 is 2.38 bits per heavy atom. The van der Waals surface area contributed by atoms with Gasteiger partial charge in [0.2, 0.25) is 0 Å². The molecule has 0 aromatic carbocycles. The van der Waals surface area contributed by atoms with E-state index in [-0.39, 0.29) is 0 Å². The zero-order chi connectivity index (χ0) is 11.4. The van der Waals surface area contributed by atoms with E-state index in [4.69, 9.17) is 0 Å². The summed E-state index contributed by atoms with van der Waals surface area (Å²) in [6.45, 7) is 4.78. The van der Waals surface area contributed by atoms with Gasteiger partial charge in [0.15, 0.2) is 0 Å². The largest absolute Gasteiger partial charge is 0.311 e. The van der Waals surface area contributed by atoms with Gasteiger partial charge in [0.1, 0.15) is 0 Å². The highest BCUT2D eigenvalue weighted by Crippen LogP contribution is 2.29. The summed E-state index contributed by atoms with van der Waals surface area (Å²) >= 11 is 0. The molecule has 1 N–H and O–H groups in total. The Labute approximate surface area is 101 Å². The summed E-state index contributed by atoms with van der Waals surface area (Å²) in [7, 11) is 0. The molecular formula is C15H27N. The van der Waals surface area contributed by atoms with Crippen molar-refractivity contribution >= 4 is 0 Å². The lowest BCUT2D eigenvalue weighted by atomic mass is 9.89. The minimum absolute atomic E-state index is 0.751. The van der Waals surface area contributed by atoms with Gasteiger partial charge in [-0.3, -0.25) is 0 Å². The first-order valence-corrected chi connectivity index (χ1v) is 7.16. The third-order valence-electron chi connectivity index (χ3n) is 4.44. The van der Waals surface area contributed by atoms with E-state index in [1.54, 1.807) is 0 Å². The molecule has 0 radical (unpaired) electrons. The van der Waals surface area contributed by atoms with Gasteiger partial charge in [-0.2, -0.15) is 0 Å². The van der Waals surface area contributed by atoms with Gasteiger partial charge in [-0.15, -0.1) is 0 Å². The molecule has 0 amide bonds. The van der Waals surface area contributed by atoms with Crippen molar-refractivity contribution in [2.45, 2.75) is 70.9 Å². The van der Waals surface area contributed by atoms with Crippen molar-refractivity contribution in [2.24, 2.45) is 11.8 Å². The molecule has 1 heteroatoms. The maximum atomic E-state index is 3.85. The number of hydrogen-bond acceptors (Lipinski definition) is 1. The summed E-state index contributed by atoms with van der Waals surface area (Å²) < 4.78 is 0. The van der Waals surface area contributed by atoms with E-state index in [1.807, 2.05) is 0 Å². The fraction of sp³-hybridized carbons (Fsp3) is 0.867. The fourth-order valence-electron chi connectivity index (χ4n) is 3.25. The third kappa shape index (κ3) is 3.35. The van der Waals surface area contributed by atoms with Crippen LogP contribution in [0.2, 0.25) is 0 Å². The van der Waals surface area contributed by atoms with Crippen molar-refractivity contribution in [1.82, 2.24) is 5.32 Å². The van der Waals surface area contributed by atoms with Crippen LogP contribution in [-0.2, 0) is 0 Å². The zero-order valence-corrected chi connectivity index (χ0v) is 10.9. The Bertz CT molecular complexity index is 224. The minimum atomic E-state index is 0.751. The van der Waals surface area contributed by atoms with E-state index < -0.39 is 0 Å². The van der Waals surface area contributed by atoms with Crippen molar-refractivity contribution in [2.75, 3.05) is 0 Å². The molecule has 0 saturated heterocycles. The van der Waals surface area contributed by atoms with Crippen LogP contribution in [0.25, 0.3) is 0 Å². The number of hydrogen-bond donors (Lipinski definition) is 1. The van der Waals surface area contributed by atoms with Gasteiger partial charge in [0, 0.05) is 12.1 Å². The lowest BCUT2D eigenvalue weighted by Gasteiger charge is -2.22. The van der Waals surface area contributed by atoms with Crippen LogP contribution in [0.5, 0.6) is 0 Å². The summed E-state index contributed by atoms with van der Waals surface area (Å²) in [6.07, 6.45) is 14.3. The van der Waals surface area contributed by atoms with Gasteiger partial charge in [0.05, 0.1) is 0 Å². The predicted octanol–water partition coefficient (Wildman–Crippen LogP) is 3.90. The minimum Gasteiger partial charge on any atom is -0.311 e. The molecule has 0 heterocycles. The quantitative estimate of drug-likeness (QED) is 0.563. The molecule has 16 heavy (non-hydrogen) atoms. The second-order valence-electron chi connectivity index (χ2n) is 6.02. The lowest BCUT2D eigenvalue weighted by Crippen LogP contribution is -2.36. The molecule has 1 nitrogen and oxygen atoms in total. The zero-order valence-electron chi connectivity index (χ0n) is 10.9. The van der Waals surface area contributed by atoms with Crippen LogP contribution < -0.4 is 5.32 Å². The molecule has 2 aliphatic carbocycles. The molecule has 0 spiro atoms. The van der Waals surface area contributed by atoms with Crippen LogP contribution >= 0.6 is 0 Å². The summed E-state index contributed by atoms with van der Waals surface area (Å²) in [5, 5.41) is 3.85. The van der Waals surface area contributed by atoms with Crippen molar-refractivity contribution in [3.05, 3.63) is 12.2 Å². The molecule has 92 valence electrons. The van der Waals surface area contributed by atoms with Gasteiger partial charge < -0.3 is 5.32 Å². The van der Waals surface area contributed by atoms with Gasteiger partial charge in [0.25, 0.3) is 0 Å². The Morgan fingerprint density at radius 1 is 0.938 bits per heavy atom. The first kappa shape index (κ1) is 12.2. The van der Waals surface area contributed by atoms with Crippen molar-refractivity contribution in [1.29, 1.82) is 0 Å².